The Bertz CT molecular complexity index is 2400. The van der Waals surface area contributed by atoms with Gasteiger partial charge < -0.3 is 5.32 Å². The molecule has 256 valence electrons. The maximum Gasteiger partial charge on any atom is 0.416 e. The topological polar surface area (TPSA) is 88.5 Å². The van der Waals surface area contributed by atoms with Crippen molar-refractivity contribution < 1.29 is 18.0 Å². The molecule has 3 aromatic heterocycles. The fraction of sp³-hybridized carbons (Fsp3) is 0.0952. The molecule has 0 aliphatic heterocycles. The highest BCUT2D eigenvalue weighted by Crippen LogP contribution is 2.44. The Morgan fingerprint density at radius 2 is 1.21 bits per heavy atom. The highest BCUT2D eigenvalue weighted by atomic mass is 19.4. The molecule has 5 aromatic carbocycles. The van der Waals surface area contributed by atoms with Gasteiger partial charge in [0.05, 0.1) is 33.8 Å². The van der Waals surface area contributed by atoms with Gasteiger partial charge in [0.15, 0.2) is 0 Å². The SMILES string of the molecule is CC(NC(=O)c1nc2cc3c(-c4ccncc4)[nH]n(C(c4ccccc4)(c4ccccc4)c4ccccc4)c3cc2n1)c1ccc(C(F)(F)F)cc1. The molecule has 0 radical (unpaired) electrons. The molecule has 0 saturated heterocycles. The van der Waals surface area contributed by atoms with Crippen molar-refractivity contribution in [3.8, 4) is 11.3 Å². The minimum absolute atomic E-state index is 0.0390. The third-order valence-electron chi connectivity index (χ3n) is 9.45. The highest BCUT2D eigenvalue weighted by molar-refractivity contribution is 6.03. The Kier molecular flexibility index (Phi) is 8.14. The lowest BCUT2D eigenvalue weighted by Gasteiger charge is -2.37. The lowest BCUT2D eigenvalue weighted by Crippen LogP contribution is -2.38. The smallest absolute Gasteiger partial charge is 0.343 e. The fourth-order valence-electron chi connectivity index (χ4n) is 6.95. The summed E-state index contributed by atoms with van der Waals surface area (Å²) >= 11 is 0. The summed E-state index contributed by atoms with van der Waals surface area (Å²) in [5, 5.41) is 7.48. The zero-order valence-corrected chi connectivity index (χ0v) is 27.8. The van der Waals surface area contributed by atoms with Crippen LogP contribution in [0.25, 0.3) is 33.2 Å². The second-order valence-electron chi connectivity index (χ2n) is 12.6. The number of hydrogen-bond acceptors (Lipinski definition) is 4. The molecule has 3 heterocycles. The quantitative estimate of drug-likeness (QED) is 0.155. The number of benzene rings is 5. The molecule has 8 rings (SSSR count). The van der Waals surface area contributed by atoms with Crippen molar-refractivity contribution in [1.29, 1.82) is 0 Å². The molecular weight excluding hydrogens is 661 g/mol. The molecule has 0 fully saturated rings. The third kappa shape index (κ3) is 5.68. The Balaban J connectivity index is 1.31. The Hall–Kier alpha value is -6.55. The average Bonchev–Trinajstić information content (AvgIpc) is 3.77. The molecule has 1 amide bonds. The highest BCUT2D eigenvalue weighted by Gasteiger charge is 2.40. The van der Waals surface area contributed by atoms with Gasteiger partial charge in [-0.05, 0) is 65.6 Å². The molecule has 0 aliphatic carbocycles. The first-order valence-corrected chi connectivity index (χ1v) is 16.7. The van der Waals surface area contributed by atoms with Crippen molar-refractivity contribution in [1.82, 2.24) is 30.0 Å². The summed E-state index contributed by atoms with van der Waals surface area (Å²) in [6, 6.07) is 42.8. The van der Waals surface area contributed by atoms with E-state index in [4.69, 9.17) is 0 Å². The van der Waals surface area contributed by atoms with Gasteiger partial charge in [-0.2, -0.15) is 13.2 Å². The molecule has 1 atom stereocenters. The van der Waals surface area contributed by atoms with Crippen LogP contribution in [-0.4, -0.2) is 30.6 Å². The maximum absolute atomic E-state index is 13.5. The number of hydrogen-bond donors (Lipinski definition) is 2. The van der Waals surface area contributed by atoms with Crippen LogP contribution in [0.3, 0.4) is 0 Å². The predicted octanol–water partition coefficient (Wildman–Crippen LogP) is 9.32. The van der Waals surface area contributed by atoms with Crippen LogP contribution >= 0.6 is 0 Å². The van der Waals surface area contributed by atoms with Gasteiger partial charge in [-0.1, -0.05) is 103 Å². The van der Waals surface area contributed by atoms with E-state index < -0.39 is 29.2 Å². The molecular formula is C42H31F3N6O. The van der Waals surface area contributed by atoms with Gasteiger partial charge in [0.1, 0.15) is 5.54 Å². The summed E-state index contributed by atoms with van der Waals surface area (Å²) in [4.78, 5) is 27.0. The number of fused-ring (bicyclic) bond motifs is 2. The Morgan fingerprint density at radius 3 is 1.73 bits per heavy atom. The number of nitrogens with one attached hydrogen (secondary N) is 2. The molecule has 52 heavy (non-hydrogen) atoms. The van der Waals surface area contributed by atoms with Crippen molar-refractivity contribution in [3.05, 3.63) is 186 Å². The molecule has 2 N–H and O–H groups in total. The standard InChI is InChI=1S/C42H31F3N6O/c1-27(28-17-19-33(20-18-28)42(43,44)45)47-40(52)39-48-35-25-34-37(26-36(35)49-39)51(50-38(34)29-21-23-46-24-22-29)41(30-11-5-2-6-12-30,31-13-7-3-8-14-31)32-15-9-4-10-16-32/h2-27,50H,1H3,(H,47,52). The zero-order valence-electron chi connectivity index (χ0n) is 27.8. The summed E-state index contributed by atoms with van der Waals surface area (Å²) in [7, 11) is 0. The van der Waals surface area contributed by atoms with Crippen LogP contribution < -0.4 is 5.32 Å². The maximum atomic E-state index is 13.5. The second-order valence-corrected chi connectivity index (χ2v) is 12.6. The van der Waals surface area contributed by atoms with E-state index in [1.807, 2.05) is 78.9 Å². The van der Waals surface area contributed by atoms with Gasteiger partial charge in [-0.25, -0.2) is 9.97 Å². The van der Waals surface area contributed by atoms with E-state index in [-0.39, 0.29) is 5.82 Å². The molecule has 8 aromatic rings. The number of carbonyl (C=O) groups is 1. The Labute approximate surface area is 296 Å². The second kappa shape index (κ2) is 13.0. The largest absolute Gasteiger partial charge is 0.416 e. The summed E-state index contributed by atoms with van der Waals surface area (Å²) in [6.45, 7) is 1.70. The number of pyridine rings is 1. The number of H-pyrrole nitrogens is 1. The van der Waals surface area contributed by atoms with E-state index in [2.05, 4.69) is 66.4 Å². The van der Waals surface area contributed by atoms with Crippen molar-refractivity contribution in [2.45, 2.75) is 24.7 Å². The summed E-state index contributed by atoms with van der Waals surface area (Å²) in [5.41, 5.74) is 5.54. The van der Waals surface area contributed by atoms with Crippen molar-refractivity contribution in [2.24, 2.45) is 0 Å². The molecule has 10 heteroatoms. The van der Waals surface area contributed by atoms with E-state index in [0.29, 0.717) is 16.6 Å². The fourth-order valence-corrected chi connectivity index (χ4v) is 6.95. The van der Waals surface area contributed by atoms with Gasteiger partial charge >= 0.3 is 6.18 Å². The zero-order chi connectivity index (χ0) is 35.9. The van der Waals surface area contributed by atoms with Gasteiger partial charge in [0, 0.05) is 23.3 Å². The summed E-state index contributed by atoms with van der Waals surface area (Å²) in [5.74, 6) is -0.577. The third-order valence-corrected chi connectivity index (χ3v) is 9.45. The first-order valence-electron chi connectivity index (χ1n) is 16.7. The number of carbonyl (C=O) groups excluding carboxylic acids is 1. The van der Waals surface area contributed by atoms with Gasteiger partial charge in [0.2, 0.25) is 5.82 Å². The van der Waals surface area contributed by atoms with Crippen LogP contribution in [0.4, 0.5) is 13.2 Å². The van der Waals surface area contributed by atoms with Crippen LogP contribution in [0, 0.1) is 0 Å². The number of imidazole rings is 1. The van der Waals surface area contributed by atoms with E-state index in [1.54, 1.807) is 19.3 Å². The molecule has 0 saturated carbocycles. The molecule has 7 nitrogen and oxygen atoms in total. The minimum Gasteiger partial charge on any atom is -0.343 e. The van der Waals surface area contributed by atoms with Gasteiger partial charge in [0.25, 0.3) is 5.91 Å². The molecule has 0 bridgehead atoms. The van der Waals surface area contributed by atoms with E-state index in [9.17, 15) is 18.0 Å². The predicted molar refractivity (Wildman–Crippen MR) is 195 cm³/mol. The normalized spacial score (nSPS) is 12.6. The number of aromatic amines is 1. The van der Waals surface area contributed by atoms with Crippen LogP contribution in [0.1, 0.15) is 51.4 Å². The van der Waals surface area contributed by atoms with Crippen LogP contribution in [-0.2, 0) is 11.7 Å². The summed E-state index contributed by atoms with van der Waals surface area (Å²) in [6.07, 6.45) is -0.962. The van der Waals surface area contributed by atoms with Crippen LogP contribution in [0.5, 0.6) is 0 Å². The monoisotopic (exact) mass is 692 g/mol. The first kappa shape index (κ1) is 32.6. The number of nitrogens with zero attached hydrogens (tertiary/aromatic N) is 4. The lowest BCUT2D eigenvalue weighted by molar-refractivity contribution is -0.137. The molecule has 0 spiro atoms. The average molecular weight is 693 g/mol. The first-order chi connectivity index (χ1) is 25.2. The van der Waals surface area contributed by atoms with E-state index in [0.717, 1.165) is 51.0 Å². The van der Waals surface area contributed by atoms with Gasteiger partial charge in [-0.15, -0.1) is 0 Å². The Morgan fingerprint density at radius 1 is 0.692 bits per heavy atom. The van der Waals surface area contributed by atoms with Crippen molar-refractivity contribution >= 4 is 27.8 Å². The number of halogens is 3. The lowest BCUT2D eigenvalue weighted by atomic mass is 9.77. The van der Waals surface area contributed by atoms with E-state index >= 15 is 0 Å². The number of amides is 1. The number of rotatable bonds is 8. The number of aromatic nitrogens is 5. The summed E-state index contributed by atoms with van der Waals surface area (Å²) < 4.78 is 41.5. The minimum atomic E-state index is -4.45. The molecule has 1 unspecified atom stereocenters. The van der Waals surface area contributed by atoms with Crippen LogP contribution in [0.2, 0.25) is 0 Å². The molecule has 0 aliphatic rings. The number of alkyl halides is 3. The van der Waals surface area contributed by atoms with Crippen LogP contribution in [0.15, 0.2) is 152 Å². The van der Waals surface area contributed by atoms with Gasteiger partial charge in [-0.3, -0.25) is 19.6 Å². The van der Waals surface area contributed by atoms with Crippen molar-refractivity contribution in [2.75, 3.05) is 0 Å². The van der Waals surface area contributed by atoms with Crippen molar-refractivity contribution in [3.63, 3.8) is 0 Å². The van der Waals surface area contributed by atoms with E-state index in [1.165, 1.54) is 12.1 Å².